The molecule has 0 atom stereocenters. The van der Waals surface area contributed by atoms with Gasteiger partial charge in [0, 0.05) is 26.2 Å². The number of benzene rings is 1. The molecule has 1 heterocycles. The van der Waals surface area contributed by atoms with Crippen LogP contribution in [0.15, 0.2) is 23.1 Å². The molecule has 0 amide bonds. The number of sulfonamides is 1. The zero-order chi connectivity index (χ0) is 14.9. The number of nitro groups is 1. The molecule has 1 aromatic carbocycles. The van der Waals surface area contributed by atoms with Crippen molar-refractivity contribution in [2.75, 3.05) is 32.1 Å². The molecule has 1 saturated heterocycles. The number of hydrogen-bond acceptors (Lipinski definition) is 6. The Kier molecular flexibility index (Phi) is 3.93. The monoisotopic (exact) mass is 300 g/mol. The summed E-state index contributed by atoms with van der Waals surface area (Å²) < 4.78 is 25.5. The Morgan fingerprint density at radius 1 is 1.45 bits per heavy atom. The van der Waals surface area contributed by atoms with Crippen LogP contribution in [0.3, 0.4) is 0 Å². The third kappa shape index (κ3) is 2.60. The highest BCUT2D eigenvalue weighted by molar-refractivity contribution is 7.89. The van der Waals surface area contributed by atoms with Gasteiger partial charge in [0.1, 0.15) is 5.69 Å². The molecule has 0 radical (unpaired) electrons. The second-order valence-electron chi connectivity index (χ2n) is 4.54. The Morgan fingerprint density at radius 3 is 2.55 bits per heavy atom. The van der Waals surface area contributed by atoms with E-state index in [4.69, 9.17) is 0 Å². The normalized spacial score (nSPS) is 15.7. The molecule has 0 bridgehead atoms. The van der Waals surface area contributed by atoms with E-state index in [0.717, 1.165) is 19.2 Å². The number of rotatable bonds is 5. The summed E-state index contributed by atoms with van der Waals surface area (Å²) in [6.07, 6.45) is 0. The molecular weight excluding hydrogens is 284 g/mol. The van der Waals surface area contributed by atoms with Crippen LogP contribution in [0.2, 0.25) is 0 Å². The molecule has 1 fully saturated rings. The van der Waals surface area contributed by atoms with Crippen LogP contribution in [-0.2, 0) is 10.0 Å². The first-order chi connectivity index (χ1) is 9.36. The van der Waals surface area contributed by atoms with Gasteiger partial charge in [0.15, 0.2) is 0 Å². The van der Waals surface area contributed by atoms with Gasteiger partial charge in [-0.25, -0.2) is 13.1 Å². The molecule has 2 N–H and O–H groups in total. The summed E-state index contributed by atoms with van der Waals surface area (Å²) in [5, 5.41) is 14.3. The molecule has 110 valence electrons. The van der Waals surface area contributed by atoms with Gasteiger partial charge in [-0.3, -0.25) is 10.1 Å². The van der Waals surface area contributed by atoms with E-state index in [1.54, 1.807) is 11.9 Å². The Hall–Kier alpha value is -1.71. The van der Waals surface area contributed by atoms with Crippen molar-refractivity contribution in [1.29, 1.82) is 0 Å². The van der Waals surface area contributed by atoms with Crippen LogP contribution in [0.1, 0.15) is 0 Å². The van der Waals surface area contributed by atoms with E-state index in [-0.39, 0.29) is 16.6 Å². The zero-order valence-corrected chi connectivity index (χ0v) is 12.0. The molecule has 1 aliphatic rings. The summed E-state index contributed by atoms with van der Waals surface area (Å²) in [6, 6.07) is 4.11. The second-order valence-corrected chi connectivity index (χ2v) is 6.42. The molecule has 1 aliphatic heterocycles. The van der Waals surface area contributed by atoms with Crippen molar-refractivity contribution >= 4 is 21.4 Å². The smallest absolute Gasteiger partial charge is 0.293 e. The van der Waals surface area contributed by atoms with Crippen LogP contribution in [-0.4, -0.2) is 46.6 Å². The minimum Gasteiger partial charge on any atom is -0.364 e. The predicted molar refractivity (Wildman–Crippen MR) is 74.4 cm³/mol. The number of nitro benzene ring substituents is 1. The summed E-state index contributed by atoms with van der Waals surface area (Å²) >= 11 is 0. The lowest BCUT2D eigenvalue weighted by Crippen LogP contribution is -2.56. The Bertz CT molecular complexity index is 627. The summed E-state index contributed by atoms with van der Waals surface area (Å²) in [7, 11) is -0.665. The Labute approximate surface area is 117 Å². The lowest BCUT2D eigenvalue weighted by molar-refractivity contribution is -0.384. The third-order valence-corrected chi connectivity index (χ3v) is 4.82. The minimum atomic E-state index is -3.69. The van der Waals surface area contributed by atoms with Crippen molar-refractivity contribution in [2.45, 2.75) is 10.9 Å². The van der Waals surface area contributed by atoms with Crippen LogP contribution >= 0.6 is 0 Å². The summed E-state index contributed by atoms with van der Waals surface area (Å²) in [5.74, 6) is 0. The molecule has 9 heteroatoms. The molecule has 0 unspecified atom stereocenters. The molecule has 2 rings (SSSR count). The Morgan fingerprint density at radius 2 is 2.10 bits per heavy atom. The van der Waals surface area contributed by atoms with Gasteiger partial charge in [0.05, 0.1) is 15.9 Å². The molecular formula is C11H16N4O4S. The standard InChI is InChI=1S/C11H16N4O4S/c1-12-20(18,19)9-3-4-10(11(5-9)15(16)17)14(2)8-6-13-7-8/h3-5,8,12-13H,6-7H2,1-2H3. The maximum atomic E-state index is 11.7. The van der Waals surface area contributed by atoms with Crippen molar-refractivity contribution in [3.63, 3.8) is 0 Å². The first-order valence-electron chi connectivity index (χ1n) is 6.02. The predicted octanol–water partition coefficient (Wildman–Crippen LogP) is -0.0891. The van der Waals surface area contributed by atoms with Gasteiger partial charge >= 0.3 is 0 Å². The van der Waals surface area contributed by atoms with Gasteiger partial charge in [-0.15, -0.1) is 0 Å². The lowest BCUT2D eigenvalue weighted by Gasteiger charge is -2.36. The zero-order valence-electron chi connectivity index (χ0n) is 11.2. The molecule has 1 aromatic rings. The van der Waals surface area contributed by atoms with Crippen LogP contribution in [0, 0.1) is 10.1 Å². The van der Waals surface area contributed by atoms with Crippen molar-refractivity contribution in [2.24, 2.45) is 0 Å². The average Bonchev–Trinajstić information content (AvgIpc) is 2.35. The van der Waals surface area contributed by atoms with E-state index in [0.29, 0.717) is 5.69 Å². The van der Waals surface area contributed by atoms with Crippen molar-refractivity contribution in [1.82, 2.24) is 10.0 Å². The number of nitrogens with one attached hydrogen (secondary N) is 2. The molecule has 0 saturated carbocycles. The highest BCUT2D eigenvalue weighted by atomic mass is 32.2. The van der Waals surface area contributed by atoms with Crippen LogP contribution in [0.4, 0.5) is 11.4 Å². The summed E-state index contributed by atoms with van der Waals surface area (Å²) in [5.41, 5.74) is 0.201. The van der Waals surface area contributed by atoms with E-state index in [1.807, 2.05) is 0 Å². The average molecular weight is 300 g/mol. The number of hydrogen-bond donors (Lipinski definition) is 2. The molecule has 20 heavy (non-hydrogen) atoms. The van der Waals surface area contributed by atoms with Crippen molar-refractivity contribution in [3.05, 3.63) is 28.3 Å². The highest BCUT2D eigenvalue weighted by Crippen LogP contribution is 2.31. The molecule has 0 spiro atoms. The van der Waals surface area contributed by atoms with E-state index in [1.165, 1.54) is 19.2 Å². The summed E-state index contributed by atoms with van der Waals surface area (Å²) in [6.45, 7) is 1.51. The largest absolute Gasteiger partial charge is 0.364 e. The summed E-state index contributed by atoms with van der Waals surface area (Å²) in [4.78, 5) is 12.3. The first kappa shape index (κ1) is 14.7. The Balaban J connectivity index is 2.46. The quantitative estimate of drug-likeness (QED) is 0.582. The van der Waals surface area contributed by atoms with Gasteiger partial charge in [-0.05, 0) is 19.2 Å². The van der Waals surface area contributed by atoms with Crippen LogP contribution in [0.5, 0.6) is 0 Å². The number of anilines is 1. The van der Waals surface area contributed by atoms with Crippen molar-refractivity contribution in [3.8, 4) is 0 Å². The molecule has 0 aliphatic carbocycles. The maximum Gasteiger partial charge on any atom is 0.293 e. The minimum absolute atomic E-state index is 0.115. The van der Waals surface area contributed by atoms with Gasteiger partial charge in [0.25, 0.3) is 5.69 Å². The lowest BCUT2D eigenvalue weighted by atomic mass is 10.1. The van der Waals surface area contributed by atoms with Crippen LogP contribution < -0.4 is 14.9 Å². The topological polar surface area (TPSA) is 105 Å². The number of likely N-dealkylation sites (N-methyl/N-ethyl adjacent to an activating group) is 1. The number of nitrogens with zero attached hydrogens (tertiary/aromatic N) is 2. The fourth-order valence-corrected chi connectivity index (χ4v) is 2.73. The van der Waals surface area contributed by atoms with Crippen LogP contribution in [0.25, 0.3) is 0 Å². The van der Waals surface area contributed by atoms with E-state index >= 15 is 0 Å². The van der Waals surface area contributed by atoms with E-state index in [2.05, 4.69) is 10.0 Å². The maximum absolute atomic E-state index is 11.7. The highest BCUT2D eigenvalue weighted by Gasteiger charge is 2.28. The fourth-order valence-electron chi connectivity index (χ4n) is 1.98. The fraction of sp³-hybridized carbons (Fsp3) is 0.455. The van der Waals surface area contributed by atoms with Crippen molar-refractivity contribution < 1.29 is 13.3 Å². The van der Waals surface area contributed by atoms with E-state index in [9.17, 15) is 18.5 Å². The van der Waals surface area contributed by atoms with Gasteiger partial charge in [-0.1, -0.05) is 0 Å². The second kappa shape index (κ2) is 5.35. The SMILES string of the molecule is CNS(=O)(=O)c1ccc(N(C)C2CNC2)c([N+](=O)[O-])c1. The van der Waals surface area contributed by atoms with Gasteiger partial charge < -0.3 is 10.2 Å². The first-order valence-corrected chi connectivity index (χ1v) is 7.50. The van der Waals surface area contributed by atoms with Gasteiger partial charge in [-0.2, -0.15) is 0 Å². The van der Waals surface area contributed by atoms with E-state index < -0.39 is 14.9 Å². The molecule has 8 nitrogen and oxygen atoms in total. The third-order valence-electron chi connectivity index (χ3n) is 3.41. The van der Waals surface area contributed by atoms with Gasteiger partial charge in [0.2, 0.25) is 10.0 Å². The molecule has 0 aromatic heterocycles.